The van der Waals surface area contributed by atoms with Crippen molar-refractivity contribution in [1.82, 2.24) is 10.6 Å². The highest BCUT2D eigenvalue weighted by Gasteiger charge is 2.26. The zero-order valence-corrected chi connectivity index (χ0v) is 12.9. The summed E-state index contributed by atoms with van der Waals surface area (Å²) in [5.41, 5.74) is 1.02. The highest BCUT2D eigenvalue weighted by Crippen LogP contribution is 2.26. The zero-order valence-electron chi connectivity index (χ0n) is 12.9. The third-order valence-corrected chi connectivity index (χ3v) is 3.44. The molecule has 0 heterocycles. The number of benzene rings is 1. The van der Waals surface area contributed by atoms with Gasteiger partial charge in [0.1, 0.15) is 11.5 Å². The minimum absolute atomic E-state index is 0.0604. The average Bonchev–Trinajstić information content (AvgIpc) is 3.29. The van der Waals surface area contributed by atoms with E-state index in [2.05, 4.69) is 17.6 Å². The van der Waals surface area contributed by atoms with E-state index >= 15 is 0 Å². The van der Waals surface area contributed by atoms with Crippen LogP contribution in [0.4, 0.5) is 0 Å². The number of carbonyl (C=O) groups is 1. The predicted octanol–water partition coefficient (Wildman–Crippen LogP) is 1.85. The van der Waals surface area contributed by atoms with Crippen molar-refractivity contribution in [3.05, 3.63) is 23.8 Å². The molecule has 2 rings (SSSR count). The van der Waals surface area contributed by atoms with Crippen molar-refractivity contribution in [2.24, 2.45) is 0 Å². The van der Waals surface area contributed by atoms with Crippen LogP contribution in [-0.4, -0.2) is 31.7 Å². The normalized spacial score (nSPS) is 15.4. The second-order valence-electron chi connectivity index (χ2n) is 5.30. The van der Waals surface area contributed by atoms with E-state index in [0.29, 0.717) is 18.3 Å². The van der Waals surface area contributed by atoms with Gasteiger partial charge in [0.15, 0.2) is 6.10 Å². The molecular formula is C16H24N2O3. The number of nitrogens with one attached hydrogen (secondary N) is 2. The number of ether oxygens (including phenoxy) is 2. The van der Waals surface area contributed by atoms with Crippen molar-refractivity contribution >= 4 is 5.91 Å². The minimum Gasteiger partial charge on any atom is -0.497 e. The van der Waals surface area contributed by atoms with Gasteiger partial charge in [0.25, 0.3) is 5.91 Å². The van der Waals surface area contributed by atoms with E-state index in [1.54, 1.807) is 14.0 Å². The molecule has 0 radical (unpaired) electrons. The van der Waals surface area contributed by atoms with Crippen LogP contribution in [-0.2, 0) is 11.3 Å². The van der Waals surface area contributed by atoms with Crippen LogP contribution in [0.15, 0.2) is 18.2 Å². The molecule has 0 aromatic heterocycles. The Balaban J connectivity index is 2.05. The predicted molar refractivity (Wildman–Crippen MR) is 81.6 cm³/mol. The van der Waals surface area contributed by atoms with Crippen molar-refractivity contribution in [1.29, 1.82) is 0 Å². The van der Waals surface area contributed by atoms with Crippen molar-refractivity contribution in [2.75, 3.05) is 13.7 Å². The average molecular weight is 292 g/mol. The maximum atomic E-state index is 12.0. The van der Waals surface area contributed by atoms with Crippen molar-refractivity contribution < 1.29 is 14.3 Å². The summed E-state index contributed by atoms with van der Waals surface area (Å²) >= 11 is 0. The molecule has 21 heavy (non-hydrogen) atoms. The lowest BCUT2D eigenvalue weighted by Gasteiger charge is -2.18. The number of carbonyl (C=O) groups excluding carboxylic acids is 1. The summed E-state index contributed by atoms with van der Waals surface area (Å²) in [5, 5.41) is 6.22. The molecule has 1 aliphatic carbocycles. The van der Waals surface area contributed by atoms with Gasteiger partial charge in [-0.2, -0.15) is 0 Å². The Morgan fingerprint density at radius 1 is 1.43 bits per heavy atom. The maximum Gasteiger partial charge on any atom is 0.260 e. The largest absolute Gasteiger partial charge is 0.497 e. The van der Waals surface area contributed by atoms with Gasteiger partial charge in [0.2, 0.25) is 0 Å². The summed E-state index contributed by atoms with van der Waals surface area (Å²) in [6.45, 7) is 5.40. The van der Waals surface area contributed by atoms with Crippen LogP contribution in [0.1, 0.15) is 32.3 Å². The molecule has 0 bridgehead atoms. The maximum absolute atomic E-state index is 12.0. The van der Waals surface area contributed by atoms with Crippen LogP contribution in [0.5, 0.6) is 11.5 Å². The van der Waals surface area contributed by atoms with Gasteiger partial charge in [0.05, 0.1) is 7.11 Å². The fraction of sp³-hybridized carbons (Fsp3) is 0.562. The number of hydrogen-bond donors (Lipinski definition) is 2. The minimum atomic E-state index is -0.516. The first-order chi connectivity index (χ1) is 10.1. The second-order valence-corrected chi connectivity index (χ2v) is 5.30. The van der Waals surface area contributed by atoms with E-state index in [9.17, 15) is 4.79 Å². The number of amides is 1. The molecule has 0 saturated heterocycles. The van der Waals surface area contributed by atoms with Crippen LogP contribution in [0.2, 0.25) is 0 Å². The first kappa shape index (κ1) is 15.6. The standard InChI is InChI=1S/C16H24N2O3/c1-4-17-10-12-5-8-14(20-3)9-15(12)21-11(2)16(19)18-13-6-7-13/h5,8-9,11,13,17H,4,6-7,10H2,1-3H3,(H,18,19). The van der Waals surface area contributed by atoms with Gasteiger partial charge in [-0.1, -0.05) is 13.0 Å². The molecular weight excluding hydrogens is 268 g/mol. The van der Waals surface area contributed by atoms with Crippen LogP contribution in [0.25, 0.3) is 0 Å². The lowest BCUT2D eigenvalue weighted by Crippen LogP contribution is -2.37. The van der Waals surface area contributed by atoms with Crippen molar-refractivity contribution in [3.63, 3.8) is 0 Å². The molecule has 5 heteroatoms. The molecule has 1 amide bonds. The van der Waals surface area contributed by atoms with Gasteiger partial charge in [-0.05, 0) is 32.4 Å². The fourth-order valence-corrected chi connectivity index (χ4v) is 1.97. The molecule has 0 spiro atoms. The molecule has 1 aromatic carbocycles. The van der Waals surface area contributed by atoms with Gasteiger partial charge in [0, 0.05) is 24.2 Å². The number of rotatable bonds is 8. The Labute approximate surface area is 126 Å². The lowest BCUT2D eigenvalue weighted by atomic mass is 10.2. The lowest BCUT2D eigenvalue weighted by molar-refractivity contribution is -0.127. The van der Waals surface area contributed by atoms with Gasteiger partial charge in [-0.3, -0.25) is 4.79 Å². The Hall–Kier alpha value is -1.75. The topological polar surface area (TPSA) is 59.6 Å². The van der Waals surface area contributed by atoms with Crippen LogP contribution < -0.4 is 20.1 Å². The number of hydrogen-bond acceptors (Lipinski definition) is 4. The third-order valence-electron chi connectivity index (χ3n) is 3.44. The van der Waals surface area contributed by atoms with E-state index in [4.69, 9.17) is 9.47 Å². The van der Waals surface area contributed by atoms with Gasteiger partial charge < -0.3 is 20.1 Å². The summed E-state index contributed by atoms with van der Waals surface area (Å²) < 4.78 is 11.1. The molecule has 1 atom stereocenters. The van der Waals surface area contributed by atoms with E-state index < -0.39 is 6.10 Å². The molecule has 1 aromatic rings. The zero-order chi connectivity index (χ0) is 15.2. The molecule has 0 aliphatic heterocycles. The van der Waals surface area contributed by atoms with Crippen LogP contribution in [0.3, 0.4) is 0 Å². The molecule has 2 N–H and O–H groups in total. The summed E-state index contributed by atoms with van der Waals surface area (Å²) in [4.78, 5) is 12.0. The molecule has 1 unspecified atom stereocenters. The Bertz CT molecular complexity index is 486. The fourth-order valence-electron chi connectivity index (χ4n) is 1.97. The van der Waals surface area contributed by atoms with Gasteiger partial charge >= 0.3 is 0 Å². The summed E-state index contributed by atoms with van der Waals surface area (Å²) in [5.74, 6) is 1.35. The first-order valence-electron chi connectivity index (χ1n) is 7.48. The second kappa shape index (κ2) is 7.31. The highest BCUT2D eigenvalue weighted by atomic mass is 16.5. The summed E-state index contributed by atoms with van der Waals surface area (Å²) in [7, 11) is 1.62. The van der Waals surface area contributed by atoms with Crippen molar-refractivity contribution in [2.45, 2.75) is 45.4 Å². The first-order valence-corrected chi connectivity index (χ1v) is 7.48. The monoisotopic (exact) mass is 292 g/mol. The smallest absolute Gasteiger partial charge is 0.260 e. The Morgan fingerprint density at radius 3 is 2.81 bits per heavy atom. The highest BCUT2D eigenvalue weighted by molar-refractivity contribution is 5.81. The Kier molecular flexibility index (Phi) is 5.44. The van der Waals surface area contributed by atoms with Crippen LogP contribution in [0, 0.1) is 0 Å². The Morgan fingerprint density at radius 2 is 2.19 bits per heavy atom. The molecule has 1 fully saturated rings. The third kappa shape index (κ3) is 4.63. The van der Waals surface area contributed by atoms with E-state index in [1.165, 1.54) is 0 Å². The molecule has 116 valence electrons. The SMILES string of the molecule is CCNCc1ccc(OC)cc1OC(C)C(=O)NC1CC1. The van der Waals surface area contributed by atoms with Gasteiger partial charge in [-0.15, -0.1) is 0 Å². The summed E-state index contributed by atoms with van der Waals surface area (Å²) in [6, 6.07) is 6.03. The number of methoxy groups -OCH3 is 1. The van der Waals surface area contributed by atoms with E-state index in [1.807, 2.05) is 18.2 Å². The van der Waals surface area contributed by atoms with Crippen LogP contribution >= 0.6 is 0 Å². The van der Waals surface area contributed by atoms with Gasteiger partial charge in [-0.25, -0.2) is 0 Å². The summed E-state index contributed by atoms with van der Waals surface area (Å²) in [6.07, 6.45) is 1.63. The van der Waals surface area contributed by atoms with E-state index in [-0.39, 0.29) is 5.91 Å². The molecule has 1 aliphatic rings. The van der Waals surface area contributed by atoms with E-state index in [0.717, 1.165) is 30.7 Å². The van der Waals surface area contributed by atoms with Crippen molar-refractivity contribution in [3.8, 4) is 11.5 Å². The quantitative estimate of drug-likeness (QED) is 0.768. The molecule has 1 saturated carbocycles. The molecule has 5 nitrogen and oxygen atoms in total.